The van der Waals surface area contributed by atoms with E-state index in [1.807, 2.05) is 25.8 Å². The summed E-state index contributed by atoms with van der Waals surface area (Å²) >= 11 is 0. The second-order valence-corrected chi connectivity index (χ2v) is 5.39. The lowest BCUT2D eigenvalue weighted by atomic mass is 9.98. The number of hydrogen-bond donors (Lipinski definition) is 1. The van der Waals surface area contributed by atoms with Gasteiger partial charge in [0, 0.05) is 25.3 Å². The number of rotatable bonds is 3. The van der Waals surface area contributed by atoms with Crippen molar-refractivity contribution in [1.29, 1.82) is 0 Å². The van der Waals surface area contributed by atoms with E-state index >= 15 is 0 Å². The fraction of sp³-hybridized carbons (Fsp3) is 0.714. The predicted molar refractivity (Wildman–Crippen MR) is 82.3 cm³/mol. The maximum atomic E-state index is 12.8. The molecule has 2 heterocycles. The van der Waals surface area contributed by atoms with E-state index in [2.05, 4.69) is 5.10 Å². The van der Waals surface area contributed by atoms with Crippen LogP contribution in [0.3, 0.4) is 0 Å². The van der Waals surface area contributed by atoms with Crippen molar-refractivity contribution >= 4 is 18.3 Å². The monoisotopic (exact) mass is 300 g/mol. The fourth-order valence-corrected chi connectivity index (χ4v) is 2.99. The van der Waals surface area contributed by atoms with Gasteiger partial charge in [0.15, 0.2) is 0 Å². The largest absolute Gasteiger partial charge is 0.336 e. The van der Waals surface area contributed by atoms with Crippen LogP contribution in [-0.4, -0.2) is 39.7 Å². The zero-order valence-corrected chi connectivity index (χ0v) is 13.4. The molecule has 1 aliphatic rings. The number of aromatic nitrogens is 2. The quantitative estimate of drug-likeness (QED) is 0.926. The summed E-state index contributed by atoms with van der Waals surface area (Å²) in [6.45, 7) is 5.34. The number of carbonyl (C=O) groups excluding carboxylic acids is 1. The van der Waals surface area contributed by atoms with Gasteiger partial charge in [0.1, 0.15) is 0 Å². The first kappa shape index (κ1) is 17.0. The van der Waals surface area contributed by atoms with Crippen molar-refractivity contribution in [3.05, 3.63) is 17.0 Å². The Bertz CT molecular complexity index is 470. The Morgan fingerprint density at radius 1 is 1.40 bits per heavy atom. The smallest absolute Gasteiger partial charge is 0.257 e. The van der Waals surface area contributed by atoms with Crippen molar-refractivity contribution in [1.82, 2.24) is 14.7 Å². The van der Waals surface area contributed by atoms with Gasteiger partial charge < -0.3 is 10.6 Å². The SMILES string of the molecule is Cc1nn(C)c(C)c1C(=O)N1CCCCC1CCN.Cl. The molecule has 1 aliphatic heterocycles. The number of likely N-dealkylation sites (tertiary alicyclic amines) is 1. The summed E-state index contributed by atoms with van der Waals surface area (Å²) < 4.78 is 1.78. The number of piperidine rings is 1. The van der Waals surface area contributed by atoms with Gasteiger partial charge in [-0.2, -0.15) is 5.10 Å². The summed E-state index contributed by atoms with van der Waals surface area (Å²) in [5.74, 6) is 0.126. The molecule has 0 aromatic carbocycles. The minimum atomic E-state index is 0. The molecule has 1 unspecified atom stereocenters. The molecule has 2 N–H and O–H groups in total. The normalized spacial score (nSPS) is 18.8. The summed E-state index contributed by atoms with van der Waals surface area (Å²) in [6, 6.07) is 0.297. The van der Waals surface area contributed by atoms with Crippen LogP contribution in [0.2, 0.25) is 0 Å². The lowest BCUT2D eigenvalue weighted by Crippen LogP contribution is -2.45. The summed E-state index contributed by atoms with van der Waals surface area (Å²) in [6.07, 6.45) is 4.25. The third-order valence-corrected chi connectivity index (χ3v) is 4.11. The second-order valence-electron chi connectivity index (χ2n) is 5.39. The number of nitrogens with zero attached hydrogens (tertiary/aromatic N) is 3. The molecule has 1 atom stereocenters. The molecule has 20 heavy (non-hydrogen) atoms. The Labute approximate surface area is 126 Å². The average molecular weight is 301 g/mol. The van der Waals surface area contributed by atoms with Crippen LogP contribution in [0.4, 0.5) is 0 Å². The third-order valence-electron chi connectivity index (χ3n) is 4.11. The van der Waals surface area contributed by atoms with Crippen molar-refractivity contribution in [2.75, 3.05) is 13.1 Å². The van der Waals surface area contributed by atoms with E-state index in [1.54, 1.807) is 4.68 Å². The van der Waals surface area contributed by atoms with Gasteiger partial charge in [-0.15, -0.1) is 12.4 Å². The Morgan fingerprint density at radius 2 is 2.10 bits per heavy atom. The molecule has 6 heteroatoms. The van der Waals surface area contributed by atoms with E-state index in [1.165, 1.54) is 6.42 Å². The number of hydrogen-bond acceptors (Lipinski definition) is 3. The van der Waals surface area contributed by atoms with Gasteiger partial charge >= 0.3 is 0 Å². The number of aryl methyl sites for hydroxylation is 2. The first-order valence-electron chi connectivity index (χ1n) is 7.07. The lowest BCUT2D eigenvalue weighted by molar-refractivity contribution is 0.0603. The van der Waals surface area contributed by atoms with Crippen molar-refractivity contribution in [2.24, 2.45) is 12.8 Å². The van der Waals surface area contributed by atoms with Gasteiger partial charge in [-0.3, -0.25) is 9.48 Å². The van der Waals surface area contributed by atoms with E-state index in [-0.39, 0.29) is 18.3 Å². The van der Waals surface area contributed by atoms with Gasteiger partial charge in [-0.1, -0.05) is 0 Å². The molecule has 1 saturated heterocycles. The molecule has 0 saturated carbocycles. The molecule has 0 bridgehead atoms. The van der Waals surface area contributed by atoms with Gasteiger partial charge in [0.2, 0.25) is 0 Å². The number of halogens is 1. The molecule has 0 spiro atoms. The Kier molecular flexibility index (Phi) is 6.02. The molecule has 0 radical (unpaired) electrons. The van der Waals surface area contributed by atoms with E-state index in [0.29, 0.717) is 12.6 Å². The number of nitrogens with two attached hydrogens (primary N) is 1. The molecule has 1 fully saturated rings. The lowest BCUT2D eigenvalue weighted by Gasteiger charge is -2.35. The van der Waals surface area contributed by atoms with Crippen LogP contribution in [0.1, 0.15) is 47.4 Å². The molecule has 0 aliphatic carbocycles. The van der Waals surface area contributed by atoms with E-state index in [0.717, 1.165) is 42.8 Å². The maximum absolute atomic E-state index is 12.8. The highest BCUT2D eigenvalue weighted by atomic mass is 35.5. The minimum absolute atomic E-state index is 0. The van der Waals surface area contributed by atoms with Crippen LogP contribution in [-0.2, 0) is 7.05 Å². The zero-order chi connectivity index (χ0) is 14.0. The van der Waals surface area contributed by atoms with Crippen LogP contribution < -0.4 is 5.73 Å². The molecular weight excluding hydrogens is 276 g/mol. The van der Waals surface area contributed by atoms with Crippen molar-refractivity contribution in [3.8, 4) is 0 Å². The Morgan fingerprint density at radius 3 is 2.65 bits per heavy atom. The first-order chi connectivity index (χ1) is 9.06. The van der Waals surface area contributed by atoms with E-state index < -0.39 is 0 Å². The van der Waals surface area contributed by atoms with Crippen LogP contribution in [0.25, 0.3) is 0 Å². The highest BCUT2D eigenvalue weighted by Crippen LogP contribution is 2.24. The fourth-order valence-electron chi connectivity index (χ4n) is 2.99. The molecule has 1 aromatic heterocycles. The number of carbonyl (C=O) groups is 1. The Balaban J connectivity index is 0.00000200. The van der Waals surface area contributed by atoms with Crippen LogP contribution in [0.15, 0.2) is 0 Å². The molecule has 2 rings (SSSR count). The van der Waals surface area contributed by atoms with Crippen LogP contribution >= 0.6 is 12.4 Å². The van der Waals surface area contributed by atoms with E-state index in [9.17, 15) is 4.79 Å². The highest BCUT2D eigenvalue weighted by Gasteiger charge is 2.29. The van der Waals surface area contributed by atoms with Gasteiger partial charge in [0.25, 0.3) is 5.91 Å². The summed E-state index contributed by atoms with van der Waals surface area (Å²) in [5, 5.41) is 4.34. The summed E-state index contributed by atoms with van der Waals surface area (Å²) in [7, 11) is 1.88. The molecule has 1 amide bonds. The average Bonchev–Trinajstić information content (AvgIpc) is 2.64. The standard InChI is InChI=1S/C14H24N4O.ClH/c1-10-13(11(2)17(3)16-10)14(19)18-9-5-4-6-12(18)7-8-15;/h12H,4-9,15H2,1-3H3;1H. The number of amides is 1. The van der Waals surface area contributed by atoms with Gasteiger partial charge in [0.05, 0.1) is 11.3 Å². The topological polar surface area (TPSA) is 64.2 Å². The maximum Gasteiger partial charge on any atom is 0.257 e. The predicted octanol–water partition coefficient (Wildman–Crippen LogP) is 1.80. The second kappa shape index (κ2) is 7.09. The molecule has 114 valence electrons. The molecular formula is C14H25ClN4O. The zero-order valence-electron chi connectivity index (χ0n) is 12.6. The summed E-state index contributed by atoms with van der Waals surface area (Å²) in [4.78, 5) is 14.8. The van der Waals surface area contributed by atoms with Crippen LogP contribution in [0, 0.1) is 13.8 Å². The van der Waals surface area contributed by atoms with Gasteiger partial charge in [-0.25, -0.2) is 0 Å². The first-order valence-corrected chi connectivity index (χ1v) is 7.07. The third kappa shape index (κ3) is 3.15. The highest BCUT2D eigenvalue weighted by molar-refractivity contribution is 5.96. The summed E-state index contributed by atoms with van der Waals surface area (Å²) in [5.41, 5.74) is 8.21. The van der Waals surface area contributed by atoms with Crippen molar-refractivity contribution in [3.63, 3.8) is 0 Å². The van der Waals surface area contributed by atoms with Crippen molar-refractivity contribution in [2.45, 2.75) is 45.6 Å². The van der Waals surface area contributed by atoms with Crippen LogP contribution in [0.5, 0.6) is 0 Å². The minimum Gasteiger partial charge on any atom is -0.336 e. The van der Waals surface area contributed by atoms with Gasteiger partial charge in [-0.05, 0) is 46.1 Å². The molecule has 1 aromatic rings. The van der Waals surface area contributed by atoms with E-state index in [4.69, 9.17) is 5.73 Å². The van der Waals surface area contributed by atoms with Crippen molar-refractivity contribution < 1.29 is 4.79 Å². The Hall–Kier alpha value is -1.07. The molecule has 5 nitrogen and oxygen atoms in total.